The molecule has 2 rings (SSSR count). The summed E-state index contributed by atoms with van der Waals surface area (Å²) in [5.41, 5.74) is -0.420. The molecule has 19 heavy (non-hydrogen) atoms. The minimum atomic E-state index is -0.739. The van der Waals surface area contributed by atoms with Gasteiger partial charge in [-0.15, -0.1) is 0 Å². The highest BCUT2D eigenvalue weighted by molar-refractivity contribution is 5.37. The van der Waals surface area contributed by atoms with E-state index in [2.05, 4.69) is 22.2 Å². The molecule has 5 heteroatoms. The van der Waals surface area contributed by atoms with Crippen molar-refractivity contribution < 1.29 is 9.50 Å². The summed E-state index contributed by atoms with van der Waals surface area (Å²) in [6.07, 6.45) is 6.12. The van der Waals surface area contributed by atoms with Crippen LogP contribution >= 0.6 is 0 Å². The van der Waals surface area contributed by atoms with E-state index in [1.807, 2.05) is 0 Å². The Labute approximate surface area is 113 Å². The van der Waals surface area contributed by atoms with Gasteiger partial charge < -0.3 is 10.4 Å². The van der Waals surface area contributed by atoms with Crippen LogP contribution in [-0.4, -0.2) is 27.2 Å². The molecule has 4 nitrogen and oxygen atoms in total. The highest BCUT2D eigenvalue weighted by atomic mass is 19.1. The standard InChI is InChI=1S/C14H22FN3O/c1-3-11-4-6-14(19,7-5-11)8-16-13-12(15)10(2)17-9-18-13/h9,11,19H,3-8H2,1-2H3,(H,16,17,18). The molecule has 0 atom stereocenters. The van der Waals surface area contributed by atoms with E-state index in [1.165, 1.54) is 12.7 Å². The third-order valence-electron chi connectivity index (χ3n) is 4.16. The zero-order chi connectivity index (χ0) is 13.9. The third kappa shape index (κ3) is 3.41. The van der Waals surface area contributed by atoms with Gasteiger partial charge >= 0.3 is 0 Å². The number of anilines is 1. The molecular formula is C14H22FN3O. The Bertz CT molecular complexity index is 431. The predicted molar refractivity (Wildman–Crippen MR) is 72.4 cm³/mol. The van der Waals surface area contributed by atoms with Gasteiger partial charge in [0.05, 0.1) is 11.3 Å². The highest BCUT2D eigenvalue weighted by Crippen LogP contribution is 2.33. The third-order valence-corrected chi connectivity index (χ3v) is 4.16. The van der Waals surface area contributed by atoms with Crippen LogP contribution in [0.3, 0.4) is 0 Å². The second kappa shape index (κ2) is 5.82. The molecule has 0 aliphatic heterocycles. The summed E-state index contributed by atoms with van der Waals surface area (Å²) in [5.74, 6) is 0.463. The van der Waals surface area contributed by atoms with E-state index in [0.29, 0.717) is 12.2 Å². The molecule has 0 amide bonds. The largest absolute Gasteiger partial charge is 0.388 e. The average molecular weight is 267 g/mol. The molecule has 0 spiro atoms. The maximum atomic E-state index is 13.7. The summed E-state index contributed by atoms with van der Waals surface area (Å²) >= 11 is 0. The van der Waals surface area contributed by atoms with Gasteiger partial charge in [0.2, 0.25) is 0 Å². The number of nitrogens with zero attached hydrogens (tertiary/aromatic N) is 2. The second-order valence-electron chi connectivity index (χ2n) is 5.55. The number of rotatable bonds is 4. The van der Waals surface area contributed by atoms with Crippen molar-refractivity contribution in [3.63, 3.8) is 0 Å². The predicted octanol–water partition coefficient (Wildman–Crippen LogP) is 2.67. The van der Waals surface area contributed by atoms with Crippen LogP contribution in [0.15, 0.2) is 6.33 Å². The van der Waals surface area contributed by atoms with Gasteiger partial charge in [-0.3, -0.25) is 0 Å². The van der Waals surface area contributed by atoms with Crippen LogP contribution in [0, 0.1) is 18.7 Å². The summed E-state index contributed by atoms with van der Waals surface area (Å²) in [6, 6.07) is 0. The Hall–Kier alpha value is -1.23. The number of aryl methyl sites for hydroxylation is 1. The van der Waals surface area contributed by atoms with Gasteiger partial charge in [0, 0.05) is 6.54 Å². The lowest BCUT2D eigenvalue weighted by Gasteiger charge is -2.36. The van der Waals surface area contributed by atoms with Crippen molar-refractivity contribution in [1.82, 2.24) is 9.97 Å². The minimum Gasteiger partial charge on any atom is -0.388 e. The van der Waals surface area contributed by atoms with Crippen molar-refractivity contribution >= 4 is 5.82 Å². The summed E-state index contributed by atoms with van der Waals surface area (Å²) in [7, 11) is 0. The zero-order valence-corrected chi connectivity index (χ0v) is 11.6. The van der Waals surface area contributed by atoms with Crippen molar-refractivity contribution in [1.29, 1.82) is 0 Å². The fraction of sp³-hybridized carbons (Fsp3) is 0.714. The van der Waals surface area contributed by atoms with E-state index in [0.717, 1.165) is 31.6 Å². The van der Waals surface area contributed by atoms with E-state index in [-0.39, 0.29) is 5.82 Å². The SMILES string of the molecule is CCC1CCC(O)(CNc2ncnc(C)c2F)CC1. The van der Waals surface area contributed by atoms with Crippen LogP contribution in [-0.2, 0) is 0 Å². The number of hydrogen-bond acceptors (Lipinski definition) is 4. The first-order valence-corrected chi connectivity index (χ1v) is 6.97. The first-order chi connectivity index (χ1) is 9.04. The molecule has 0 saturated heterocycles. The molecule has 1 heterocycles. The first-order valence-electron chi connectivity index (χ1n) is 6.97. The molecule has 0 radical (unpaired) electrons. The average Bonchev–Trinajstić information content (AvgIpc) is 2.41. The lowest BCUT2D eigenvalue weighted by Crippen LogP contribution is -2.40. The van der Waals surface area contributed by atoms with E-state index in [1.54, 1.807) is 6.92 Å². The van der Waals surface area contributed by atoms with Gasteiger partial charge in [0.25, 0.3) is 0 Å². The van der Waals surface area contributed by atoms with E-state index in [9.17, 15) is 9.50 Å². The van der Waals surface area contributed by atoms with Crippen LogP contribution < -0.4 is 5.32 Å². The second-order valence-corrected chi connectivity index (χ2v) is 5.55. The fourth-order valence-electron chi connectivity index (χ4n) is 2.63. The van der Waals surface area contributed by atoms with Gasteiger partial charge in [-0.2, -0.15) is 0 Å². The molecule has 0 bridgehead atoms. The lowest BCUT2D eigenvalue weighted by molar-refractivity contribution is 0.00218. The van der Waals surface area contributed by atoms with E-state index < -0.39 is 11.4 Å². The molecule has 1 aliphatic rings. The monoisotopic (exact) mass is 267 g/mol. The van der Waals surface area contributed by atoms with E-state index >= 15 is 0 Å². The van der Waals surface area contributed by atoms with Gasteiger partial charge in [0.1, 0.15) is 6.33 Å². The number of aromatic nitrogens is 2. The maximum absolute atomic E-state index is 13.7. The van der Waals surface area contributed by atoms with Gasteiger partial charge in [-0.05, 0) is 38.5 Å². The minimum absolute atomic E-state index is 0.179. The Morgan fingerprint density at radius 3 is 2.74 bits per heavy atom. The van der Waals surface area contributed by atoms with Gasteiger partial charge in [-0.1, -0.05) is 13.3 Å². The molecule has 1 aromatic rings. The Balaban J connectivity index is 1.93. The zero-order valence-electron chi connectivity index (χ0n) is 11.6. The van der Waals surface area contributed by atoms with Crippen molar-refractivity contribution in [3.05, 3.63) is 17.8 Å². The van der Waals surface area contributed by atoms with E-state index in [4.69, 9.17) is 0 Å². The fourth-order valence-corrected chi connectivity index (χ4v) is 2.63. The molecule has 1 saturated carbocycles. The molecule has 106 valence electrons. The summed E-state index contributed by atoms with van der Waals surface area (Å²) in [5, 5.41) is 13.4. The summed E-state index contributed by atoms with van der Waals surface area (Å²) in [4.78, 5) is 7.66. The molecule has 2 N–H and O–H groups in total. The quantitative estimate of drug-likeness (QED) is 0.880. The summed E-state index contributed by atoms with van der Waals surface area (Å²) in [6.45, 7) is 4.13. The van der Waals surface area contributed by atoms with Crippen molar-refractivity contribution in [2.75, 3.05) is 11.9 Å². The van der Waals surface area contributed by atoms with Crippen LogP contribution in [0.2, 0.25) is 0 Å². The van der Waals surface area contributed by atoms with Crippen molar-refractivity contribution in [2.45, 2.75) is 51.6 Å². The van der Waals surface area contributed by atoms with Crippen molar-refractivity contribution in [3.8, 4) is 0 Å². The van der Waals surface area contributed by atoms with Crippen LogP contribution in [0.5, 0.6) is 0 Å². The normalized spacial score (nSPS) is 27.3. The topological polar surface area (TPSA) is 58.0 Å². The Morgan fingerprint density at radius 1 is 1.42 bits per heavy atom. The molecule has 0 unspecified atom stereocenters. The number of nitrogens with one attached hydrogen (secondary N) is 1. The van der Waals surface area contributed by atoms with Gasteiger partial charge in [-0.25, -0.2) is 14.4 Å². The first kappa shape index (κ1) is 14.2. The van der Waals surface area contributed by atoms with Gasteiger partial charge in [0.15, 0.2) is 11.6 Å². The molecule has 1 fully saturated rings. The number of halogens is 1. The number of hydrogen-bond donors (Lipinski definition) is 2. The maximum Gasteiger partial charge on any atom is 0.186 e. The van der Waals surface area contributed by atoms with Crippen LogP contribution in [0.4, 0.5) is 10.2 Å². The van der Waals surface area contributed by atoms with Crippen molar-refractivity contribution in [2.24, 2.45) is 5.92 Å². The highest BCUT2D eigenvalue weighted by Gasteiger charge is 2.32. The molecule has 1 aromatic heterocycles. The smallest absolute Gasteiger partial charge is 0.186 e. The Kier molecular flexibility index (Phi) is 4.34. The lowest BCUT2D eigenvalue weighted by atomic mass is 9.78. The molecular weight excluding hydrogens is 245 g/mol. The molecule has 1 aliphatic carbocycles. The number of aliphatic hydroxyl groups is 1. The summed E-state index contributed by atoms with van der Waals surface area (Å²) < 4.78 is 13.7. The Morgan fingerprint density at radius 2 is 2.11 bits per heavy atom. The molecule has 0 aromatic carbocycles. The van der Waals surface area contributed by atoms with Crippen LogP contribution in [0.25, 0.3) is 0 Å². The van der Waals surface area contributed by atoms with Crippen LogP contribution in [0.1, 0.15) is 44.7 Å².